The number of aromatic nitrogens is 2. The maximum Gasteiger partial charge on any atom is 0.167 e. The van der Waals surface area contributed by atoms with Gasteiger partial charge in [-0.2, -0.15) is 5.26 Å². The molecule has 4 aromatic rings. The molecule has 2 aromatic heterocycles. The molecule has 0 aliphatic rings. The van der Waals surface area contributed by atoms with Gasteiger partial charge in [0, 0.05) is 34.4 Å². The minimum atomic E-state index is -1.32. The number of nitrogens with one attached hydrogen (secondary N) is 1. The van der Waals surface area contributed by atoms with E-state index >= 15 is 0 Å². The number of nitriles is 1. The maximum atomic E-state index is 13.1. The molecule has 7 heteroatoms. The van der Waals surface area contributed by atoms with Crippen LogP contribution in [0.1, 0.15) is 49.3 Å². The first-order valence-corrected chi connectivity index (χ1v) is 11.9. The van der Waals surface area contributed by atoms with Gasteiger partial charge in [-0.1, -0.05) is 47.6 Å². The number of aryl methyl sites for hydroxylation is 1. The number of benzene rings is 2. The Balaban J connectivity index is 1.82. The van der Waals surface area contributed by atoms with Crippen molar-refractivity contribution in [1.29, 1.82) is 5.26 Å². The molecule has 0 radical (unpaired) electrons. The van der Waals surface area contributed by atoms with Crippen LogP contribution < -0.4 is 4.72 Å². The number of fused-ring (bicyclic) bond motifs is 1. The quantitative estimate of drug-likeness (QED) is 0.388. The Bertz CT molecular complexity index is 1320. The smallest absolute Gasteiger partial charge is 0.167 e. The lowest BCUT2D eigenvalue weighted by Crippen LogP contribution is -2.42. The molecular weight excluding hydrogens is 432 g/mol. The van der Waals surface area contributed by atoms with Gasteiger partial charge >= 0.3 is 0 Å². The molecular formula is C26H26N4O2S. The average molecular weight is 459 g/mol. The number of nitrogens with zero attached hydrogens (tertiary/aromatic N) is 3. The van der Waals surface area contributed by atoms with Crippen molar-refractivity contribution in [3.05, 3.63) is 83.2 Å². The number of pyridine rings is 1. The number of hydrogen-bond donors (Lipinski definition) is 1. The largest absolute Gasteiger partial charge is 0.598 e. The Morgan fingerprint density at radius 1 is 1.09 bits per heavy atom. The van der Waals surface area contributed by atoms with Crippen molar-refractivity contribution in [2.45, 2.75) is 44.9 Å². The normalized spacial score (nSPS) is 13.6. The summed E-state index contributed by atoms with van der Waals surface area (Å²) in [6.07, 6.45) is 0.468. The number of rotatable bonds is 6. The molecule has 0 aliphatic carbocycles. The molecule has 0 amide bonds. The summed E-state index contributed by atoms with van der Waals surface area (Å²) in [5.74, 6) is 0. The Morgan fingerprint density at radius 2 is 1.82 bits per heavy atom. The van der Waals surface area contributed by atoms with Crippen LogP contribution in [0.15, 0.2) is 65.2 Å². The summed E-state index contributed by atoms with van der Waals surface area (Å²) in [4.78, 5) is 4.53. The van der Waals surface area contributed by atoms with Gasteiger partial charge in [-0.3, -0.25) is 0 Å². The van der Waals surface area contributed by atoms with Crippen LogP contribution in [0.3, 0.4) is 0 Å². The van der Waals surface area contributed by atoms with Crippen molar-refractivity contribution < 1.29 is 9.08 Å². The van der Waals surface area contributed by atoms with Crippen molar-refractivity contribution in [2.75, 3.05) is 0 Å². The summed E-state index contributed by atoms with van der Waals surface area (Å²) >= 11 is -1.32. The highest BCUT2D eigenvalue weighted by molar-refractivity contribution is 7.90. The molecule has 0 saturated carbocycles. The van der Waals surface area contributed by atoms with E-state index in [9.17, 15) is 9.81 Å². The van der Waals surface area contributed by atoms with Crippen molar-refractivity contribution in [3.63, 3.8) is 0 Å². The molecule has 0 aliphatic heterocycles. The molecule has 168 valence electrons. The fourth-order valence-electron chi connectivity index (χ4n) is 3.65. The average Bonchev–Trinajstić information content (AvgIpc) is 3.23. The van der Waals surface area contributed by atoms with E-state index in [-0.39, 0.29) is 6.04 Å². The van der Waals surface area contributed by atoms with Crippen LogP contribution in [-0.4, -0.2) is 19.4 Å². The lowest BCUT2D eigenvalue weighted by atomic mass is 9.93. The molecule has 0 bridgehead atoms. The summed E-state index contributed by atoms with van der Waals surface area (Å²) in [6, 6.07) is 21.1. The topological polar surface area (TPSA) is 97.8 Å². The molecule has 0 fully saturated rings. The lowest BCUT2D eigenvalue weighted by Gasteiger charge is -2.29. The monoisotopic (exact) mass is 458 g/mol. The third kappa shape index (κ3) is 4.93. The van der Waals surface area contributed by atoms with Gasteiger partial charge < -0.3 is 9.08 Å². The number of para-hydroxylation sites is 1. The summed E-state index contributed by atoms with van der Waals surface area (Å²) in [5, 5.41) is 14.6. The van der Waals surface area contributed by atoms with Gasteiger partial charge in [0.25, 0.3) is 0 Å². The molecule has 4 rings (SSSR count). The van der Waals surface area contributed by atoms with Gasteiger partial charge in [-0.15, -0.1) is 4.72 Å². The molecule has 2 aromatic carbocycles. The zero-order valence-corrected chi connectivity index (χ0v) is 19.9. The van der Waals surface area contributed by atoms with Crippen LogP contribution in [-0.2, 0) is 17.8 Å². The minimum absolute atomic E-state index is 0.322. The minimum Gasteiger partial charge on any atom is -0.598 e. The van der Waals surface area contributed by atoms with Crippen LogP contribution in [0.5, 0.6) is 0 Å². The van der Waals surface area contributed by atoms with Crippen molar-refractivity contribution >= 4 is 22.3 Å². The first kappa shape index (κ1) is 23.0. The predicted molar refractivity (Wildman–Crippen MR) is 131 cm³/mol. The van der Waals surface area contributed by atoms with E-state index in [1.165, 1.54) is 0 Å². The third-order valence-corrected chi connectivity index (χ3v) is 7.10. The van der Waals surface area contributed by atoms with Crippen LogP contribution in [0, 0.1) is 18.3 Å². The Hall–Kier alpha value is -3.18. The molecule has 6 nitrogen and oxygen atoms in total. The Kier molecular flexibility index (Phi) is 6.52. The standard InChI is InChI=1S/C26H26N4O2S/c1-17-13-14-18(16-27)28-22(17)15-23(30-33(31)26(2,3)4)19-9-5-6-10-20(19)25-21-11-7-8-12-24(21)32-29-25/h5-14,23,30H,15H2,1-4H3/t23?,33-/m0/s1. The van der Waals surface area contributed by atoms with Crippen LogP contribution in [0.25, 0.3) is 22.2 Å². The van der Waals surface area contributed by atoms with E-state index in [2.05, 4.69) is 20.9 Å². The van der Waals surface area contributed by atoms with Crippen molar-refractivity contribution in [1.82, 2.24) is 14.9 Å². The van der Waals surface area contributed by atoms with E-state index in [1.807, 2.05) is 82.3 Å². The van der Waals surface area contributed by atoms with E-state index in [1.54, 1.807) is 6.07 Å². The first-order chi connectivity index (χ1) is 15.8. The lowest BCUT2D eigenvalue weighted by molar-refractivity contribution is 0.459. The highest BCUT2D eigenvalue weighted by Gasteiger charge is 2.32. The van der Waals surface area contributed by atoms with Gasteiger partial charge in [0.05, 0.1) is 6.04 Å². The van der Waals surface area contributed by atoms with Crippen LogP contribution >= 0.6 is 0 Å². The molecule has 33 heavy (non-hydrogen) atoms. The molecule has 2 heterocycles. The van der Waals surface area contributed by atoms with E-state index in [0.29, 0.717) is 17.7 Å². The van der Waals surface area contributed by atoms with Gasteiger partial charge in [0.1, 0.15) is 22.2 Å². The predicted octanol–water partition coefficient (Wildman–Crippen LogP) is 5.41. The summed E-state index contributed by atoms with van der Waals surface area (Å²) < 4.78 is 21.6. The number of hydrogen-bond acceptors (Lipinski definition) is 6. The fourth-order valence-corrected chi connectivity index (χ4v) is 4.47. The highest BCUT2D eigenvalue weighted by atomic mass is 32.2. The fraction of sp³-hybridized carbons (Fsp3) is 0.269. The second-order valence-corrected chi connectivity index (χ2v) is 10.9. The Labute approximate surface area is 197 Å². The summed E-state index contributed by atoms with van der Waals surface area (Å²) in [6.45, 7) is 7.77. The molecule has 1 unspecified atom stereocenters. The maximum absolute atomic E-state index is 13.1. The van der Waals surface area contributed by atoms with Crippen molar-refractivity contribution in [3.8, 4) is 17.3 Å². The molecule has 0 spiro atoms. The Morgan fingerprint density at radius 3 is 2.58 bits per heavy atom. The third-order valence-electron chi connectivity index (χ3n) is 5.49. The van der Waals surface area contributed by atoms with Crippen molar-refractivity contribution in [2.24, 2.45) is 0 Å². The molecule has 1 N–H and O–H groups in total. The van der Waals surface area contributed by atoms with Gasteiger partial charge in [-0.05, 0) is 57.0 Å². The van der Waals surface area contributed by atoms with E-state index in [4.69, 9.17) is 4.52 Å². The van der Waals surface area contributed by atoms with Gasteiger partial charge in [-0.25, -0.2) is 4.98 Å². The SMILES string of the molecule is Cc1ccc(C#N)nc1CC(N[S@@+]([O-])C(C)(C)C)c1ccccc1-c1noc2ccccc12. The summed E-state index contributed by atoms with van der Waals surface area (Å²) in [5.41, 5.74) is 5.43. The highest BCUT2D eigenvalue weighted by Crippen LogP contribution is 2.35. The second-order valence-electron chi connectivity index (χ2n) is 8.94. The van der Waals surface area contributed by atoms with Crippen LogP contribution in [0.2, 0.25) is 0 Å². The van der Waals surface area contributed by atoms with Gasteiger partial charge in [0.15, 0.2) is 5.58 Å². The first-order valence-electron chi connectivity index (χ1n) is 10.8. The zero-order valence-electron chi connectivity index (χ0n) is 19.1. The second kappa shape index (κ2) is 9.36. The van der Waals surface area contributed by atoms with E-state index in [0.717, 1.165) is 33.5 Å². The summed E-state index contributed by atoms with van der Waals surface area (Å²) in [7, 11) is 0. The zero-order chi connectivity index (χ0) is 23.6. The van der Waals surface area contributed by atoms with Gasteiger partial charge in [0.2, 0.25) is 0 Å². The van der Waals surface area contributed by atoms with E-state index < -0.39 is 16.1 Å². The van der Waals surface area contributed by atoms with Crippen LogP contribution in [0.4, 0.5) is 0 Å². The molecule has 2 atom stereocenters. The molecule has 0 saturated heterocycles.